The van der Waals surface area contributed by atoms with Crippen molar-refractivity contribution in [1.82, 2.24) is 10.2 Å². The van der Waals surface area contributed by atoms with Crippen LogP contribution in [0.3, 0.4) is 0 Å². The van der Waals surface area contributed by atoms with Crippen molar-refractivity contribution < 1.29 is 23.7 Å². The summed E-state index contributed by atoms with van der Waals surface area (Å²) in [4.78, 5) is 14.7. The minimum Gasteiger partial charge on any atom is -0.493 e. The van der Waals surface area contributed by atoms with Crippen molar-refractivity contribution in [3.05, 3.63) is 17.7 Å². The zero-order chi connectivity index (χ0) is 17.4. The van der Waals surface area contributed by atoms with Crippen LogP contribution in [0.1, 0.15) is 16.8 Å². The molecule has 0 aromatic heterocycles. The lowest BCUT2D eigenvalue weighted by Crippen LogP contribution is -2.31. The number of esters is 1. The van der Waals surface area contributed by atoms with Crippen molar-refractivity contribution >= 4 is 5.97 Å². The Morgan fingerprint density at radius 1 is 1.08 bits per heavy atom. The molecule has 134 valence electrons. The Hall–Kier alpha value is -1.99. The molecule has 24 heavy (non-hydrogen) atoms. The van der Waals surface area contributed by atoms with E-state index in [4.69, 9.17) is 18.9 Å². The molecule has 1 aliphatic rings. The molecular formula is C17H26N2O5. The van der Waals surface area contributed by atoms with E-state index in [1.165, 1.54) is 21.3 Å². The predicted octanol–water partition coefficient (Wildman–Crippen LogP) is 1.16. The molecule has 0 spiro atoms. The van der Waals surface area contributed by atoms with Gasteiger partial charge in [0.25, 0.3) is 0 Å². The molecule has 0 aliphatic carbocycles. The van der Waals surface area contributed by atoms with Crippen molar-refractivity contribution in [2.75, 3.05) is 60.7 Å². The number of carbonyl (C=O) groups excluding carboxylic acids is 1. The van der Waals surface area contributed by atoms with Crippen LogP contribution in [0.15, 0.2) is 12.1 Å². The van der Waals surface area contributed by atoms with Gasteiger partial charge in [-0.2, -0.15) is 0 Å². The van der Waals surface area contributed by atoms with Crippen molar-refractivity contribution in [2.45, 2.75) is 6.42 Å². The fourth-order valence-corrected chi connectivity index (χ4v) is 2.73. The molecule has 1 saturated heterocycles. The number of benzene rings is 1. The Morgan fingerprint density at radius 2 is 1.88 bits per heavy atom. The van der Waals surface area contributed by atoms with Crippen molar-refractivity contribution in [3.63, 3.8) is 0 Å². The number of hydrogen-bond acceptors (Lipinski definition) is 7. The molecule has 1 N–H and O–H groups in total. The van der Waals surface area contributed by atoms with Crippen molar-refractivity contribution in [1.29, 1.82) is 0 Å². The monoisotopic (exact) mass is 338 g/mol. The van der Waals surface area contributed by atoms with Gasteiger partial charge in [-0.05, 0) is 31.6 Å². The van der Waals surface area contributed by atoms with Gasteiger partial charge in [-0.3, -0.25) is 4.90 Å². The number of nitrogens with zero attached hydrogens (tertiary/aromatic N) is 1. The maximum absolute atomic E-state index is 12.4. The molecule has 0 amide bonds. The van der Waals surface area contributed by atoms with E-state index < -0.39 is 5.97 Å². The van der Waals surface area contributed by atoms with Crippen LogP contribution in [0.4, 0.5) is 0 Å². The summed E-state index contributed by atoms with van der Waals surface area (Å²) in [5.74, 6) is 0.776. The maximum atomic E-state index is 12.4. The first kappa shape index (κ1) is 18.4. The minimum absolute atomic E-state index is 0.320. The number of ether oxygens (including phenoxy) is 4. The summed E-state index contributed by atoms with van der Waals surface area (Å²) in [6, 6.07) is 3.29. The van der Waals surface area contributed by atoms with E-state index in [2.05, 4.69) is 10.2 Å². The lowest BCUT2D eigenvalue weighted by Gasteiger charge is -2.19. The molecule has 2 rings (SSSR count). The highest BCUT2D eigenvalue weighted by Crippen LogP contribution is 2.39. The van der Waals surface area contributed by atoms with E-state index in [1.54, 1.807) is 12.1 Å². The zero-order valence-electron chi connectivity index (χ0n) is 14.6. The average Bonchev–Trinajstić information content (AvgIpc) is 2.88. The van der Waals surface area contributed by atoms with Crippen LogP contribution in [-0.2, 0) is 4.74 Å². The molecular weight excluding hydrogens is 312 g/mol. The van der Waals surface area contributed by atoms with Crippen molar-refractivity contribution in [3.8, 4) is 17.2 Å². The molecule has 7 nitrogen and oxygen atoms in total. The fraction of sp³-hybridized carbons (Fsp3) is 0.588. The second-order valence-electron chi connectivity index (χ2n) is 5.46. The predicted molar refractivity (Wildman–Crippen MR) is 90.3 cm³/mol. The van der Waals surface area contributed by atoms with Gasteiger partial charge < -0.3 is 24.3 Å². The van der Waals surface area contributed by atoms with Gasteiger partial charge in [-0.1, -0.05) is 0 Å². The fourth-order valence-electron chi connectivity index (χ4n) is 2.73. The molecule has 1 aromatic carbocycles. The highest BCUT2D eigenvalue weighted by Gasteiger charge is 2.21. The topological polar surface area (TPSA) is 69.3 Å². The van der Waals surface area contributed by atoms with Gasteiger partial charge in [0, 0.05) is 19.6 Å². The van der Waals surface area contributed by atoms with Gasteiger partial charge in [0.15, 0.2) is 11.5 Å². The molecule has 0 bridgehead atoms. The van der Waals surface area contributed by atoms with Crippen LogP contribution in [0.2, 0.25) is 0 Å². The zero-order valence-corrected chi connectivity index (χ0v) is 14.6. The third kappa shape index (κ3) is 4.52. The summed E-state index contributed by atoms with van der Waals surface area (Å²) >= 11 is 0. The van der Waals surface area contributed by atoms with Crippen LogP contribution in [0.25, 0.3) is 0 Å². The summed E-state index contributed by atoms with van der Waals surface area (Å²) in [5.41, 5.74) is 0.327. The third-order valence-electron chi connectivity index (χ3n) is 4.00. The lowest BCUT2D eigenvalue weighted by atomic mass is 10.1. The summed E-state index contributed by atoms with van der Waals surface area (Å²) in [6.07, 6.45) is 1.11. The molecule has 1 heterocycles. The number of methoxy groups -OCH3 is 3. The molecule has 1 aliphatic heterocycles. The maximum Gasteiger partial charge on any atom is 0.342 e. The third-order valence-corrected chi connectivity index (χ3v) is 4.00. The van der Waals surface area contributed by atoms with Crippen LogP contribution in [0.5, 0.6) is 17.2 Å². The summed E-state index contributed by atoms with van der Waals surface area (Å²) in [7, 11) is 4.52. The van der Waals surface area contributed by atoms with Crippen molar-refractivity contribution in [2.24, 2.45) is 0 Å². The standard InChI is InChI=1S/C17H26N2O5/c1-21-14-6-5-13(15(22-2)16(14)23-3)17(20)24-12-11-19-9-4-7-18-8-10-19/h5-6,18H,4,7-12H2,1-3H3. The van der Waals surface area contributed by atoms with Gasteiger partial charge in [-0.15, -0.1) is 0 Å². The van der Waals surface area contributed by atoms with E-state index in [9.17, 15) is 4.79 Å². The van der Waals surface area contributed by atoms with Gasteiger partial charge in [-0.25, -0.2) is 4.79 Å². The number of nitrogens with one attached hydrogen (secondary N) is 1. The molecule has 0 saturated carbocycles. The smallest absolute Gasteiger partial charge is 0.342 e. The van der Waals surface area contributed by atoms with E-state index in [0.29, 0.717) is 29.4 Å². The number of hydrogen-bond donors (Lipinski definition) is 1. The van der Waals surface area contributed by atoms with Crippen LogP contribution >= 0.6 is 0 Å². The molecule has 0 radical (unpaired) electrons. The Kier molecular flexibility index (Phi) is 7.14. The Morgan fingerprint density at radius 3 is 2.58 bits per heavy atom. The van der Waals surface area contributed by atoms with Crippen LogP contribution < -0.4 is 19.5 Å². The largest absolute Gasteiger partial charge is 0.493 e. The van der Waals surface area contributed by atoms with E-state index >= 15 is 0 Å². The SMILES string of the molecule is COc1ccc(C(=O)OCCN2CCCNCC2)c(OC)c1OC. The van der Waals surface area contributed by atoms with Gasteiger partial charge in [0.05, 0.1) is 21.3 Å². The Bertz CT molecular complexity index is 542. The summed E-state index contributed by atoms with van der Waals surface area (Å²) < 4.78 is 21.2. The second-order valence-corrected chi connectivity index (χ2v) is 5.46. The molecule has 1 aromatic rings. The molecule has 1 fully saturated rings. The highest BCUT2D eigenvalue weighted by molar-refractivity contribution is 5.94. The van der Waals surface area contributed by atoms with E-state index in [-0.39, 0.29) is 0 Å². The van der Waals surface area contributed by atoms with Crippen LogP contribution in [-0.4, -0.2) is 71.5 Å². The first-order valence-corrected chi connectivity index (χ1v) is 8.10. The summed E-state index contributed by atoms with van der Waals surface area (Å²) in [6.45, 7) is 5.07. The first-order valence-electron chi connectivity index (χ1n) is 8.10. The Balaban J connectivity index is 1.98. The van der Waals surface area contributed by atoms with E-state index in [0.717, 1.165) is 39.1 Å². The average molecular weight is 338 g/mol. The van der Waals surface area contributed by atoms with Crippen LogP contribution in [0, 0.1) is 0 Å². The summed E-state index contributed by atoms with van der Waals surface area (Å²) in [5, 5.41) is 3.35. The molecule has 7 heteroatoms. The minimum atomic E-state index is -0.430. The second kappa shape index (κ2) is 9.34. The van der Waals surface area contributed by atoms with Gasteiger partial charge in [0.1, 0.15) is 12.2 Å². The lowest BCUT2D eigenvalue weighted by molar-refractivity contribution is 0.0460. The van der Waals surface area contributed by atoms with Gasteiger partial charge in [0.2, 0.25) is 5.75 Å². The first-order chi connectivity index (χ1) is 11.7. The van der Waals surface area contributed by atoms with E-state index in [1.807, 2.05) is 0 Å². The Labute approximate surface area is 142 Å². The highest BCUT2D eigenvalue weighted by atomic mass is 16.5. The number of carbonyl (C=O) groups is 1. The molecule has 0 atom stereocenters. The quantitative estimate of drug-likeness (QED) is 0.748. The number of rotatable bonds is 7. The van der Waals surface area contributed by atoms with Gasteiger partial charge >= 0.3 is 5.97 Å². The molecule has 0 unspecified atom stereocenters. The normalized spacial score (nSPS) is 15.5.